The van der Waals surface area contributed by atoms with Crippen LogP contribution in [0.2, 0.25) is 0 Å². The molecule has 6 nitrogen and oxygen atoms in total. The molecule has 0 atom stereocenters. The summed E-state index contributed by atoms with van der Waals surface area (Å²) in [6.45, 7) is 4.60. The number of benzene rings is 3. The quantitative estimate of drug-likeness (QED) is 0.531. The van der Waals surface area contributed by atoms with Crippen molar-refractivity contribution < 1.29 is 9.53 Å². The van der Waals surface area contributed by atoms with Crippen molar-refractivity contribution in [3.63, 3.8) is 0 Å². The first-order valence-electron chi connectivity index (χ1n) is 10.4. The van der Waals surface area contributed by atoms with Crippen molar-refractivity contribution in [3.8, 4) is 5.75 Å². The molecule has 1 aromatic heterocycles. The van der Waals surface area contributed by atoms with Gasteiger partial charge in [-0.05, 0) is 55.0 Å². The van der Waals surface area contributed by atoms with Crippen LogP contribution in [0.3, 0.4) is 0 Å². The van der Waals surface area contributed by atoms with Gasteiger partial charge in [0.15, 0.2) is 0 Å². The molecule has 3 aromatic carbocycles. The van der Waals surface area contributed by atoms with Crippen molar-refractivity contribution in [2.75, 3.05) is 23.9 Å². The predicted molar refractivity (Wildman–Crippen MR) is 123 cm³/mol. The van der Waals surface area contributed by atoms with Gasteiger partial charge in [0.1, 0.15) is 11.6 Å². The van der Waals surface area contributed by atoms with E-state index >= 15 is 0 Å². The van der Waals surface area contributed by atoms with Crippen molar-refractivity contribution in [1.82, 2.24) is 9.55 Å². The fraction of sp³-hybridized carbons (Fsp3) is 0.200. The number of nitrogens with zero attached hydrogens (tertiary/aromatic N) is 3. The van der Waals surface area contributed by atoms with E-state index < -0.39 is 0 Å². The molecule has 4 aromatic rings. The molecule has 31 heavy (non-hydrogen) atoms. The van der Waals surface area contributed by atoms with E-state index in [1.165, 1.54) is 5.52 Å². The van der Waals surface area contributed by atoms with Gasteiger partial charge in [0.25, 0.3) is 5.91 Å². The highest BCUT2D eigenvalue weighted by molar-refractivity contribution is 6.06. The minimum Gasteiger partial charge on any atom is -0.496 e. The number of carbonyl (C=O) groups is 1. The second-order valence-corrected chi connectivity index (χ2v) is 7.74. The lowest BCUT2D eigenvalue weighted by molar-refractivity contribution is 0.102. The Kier molecular flexibility index (Phi) is 4.82. The van der Waals surface area contributed by atoms with Crippen LogP contribution in [-0.4, -0.2) is 29.1 Å². The Morgan fingerprint density at radius 1 is 1.03 bits per heavy atom. The third kappa shape index (κ3) is 3.50. The Bertz CT molecular complexity index is 1280. The smallest absolute Gasteiger partial charge is 0.259 e. The van der Waals surface area contributed by atoms with Crippen molar-refractivity contribution in [1.29, 1.82) is 0 Å². The van der Waals surface area contributed by atoms with Gasteiger partial charge >= 0.3 is 0 Å². The number of hydrogen-bond acceptors (Lipinski definition) is 4. The van der Waals surface area contributed by atoms with Gasteiger partial charge in [-0.2, -0.15) is 0 Å². The molecule has 0 saturated heterocycles. The SMILES string of the molecule is COc1ccccc1C(=O)Nc1ccc(N2CCn3c(nc4ccccc43)C2)cc1C. The Hall–Kier alpha value is -3.80. The summed E-state index contributed by atoms with van der Waals surface area (Å²) in [6, 6.07) is 21.7. The lowest BCUT2D eigenvalue weighted by Gasteiger charge is -2.30. The number of methoxy groups -OCH3 is 1. The molecule has 2 heterocycles. The number of hydrogen-bond donors (Lipinski definition) is 1. The Labute approximate surface area is 181 Å². The summed E-state index contributed by atoms with van der Waals surface area (Å²) in [5.41, 5.74) is 5.70. The van der Waals surface area contributed by atoms with Crippen LogP contribution in [0.15, 0.2) is 66.7 Å². The minimum atomic E-state index is -0.181. The number of para-hydroxylation sites is 3. The number of aromatic nitrogens is 2. The van der Waals surface area contributed by atoms with Crippen LogP contribution >= 0.6 is 0 Å². The molecule has 5 rings (SSSR count). The lowest BCUT2D eigenvalue weighted by Crippen LogP contribution is -2.33. The van der Waals surface area contributed by atoms with E-state index in [0.29, 0.717) is 11.3 Å². The largest absolute Gasteiger partial charge is 0.496 e. The van der Waals surface area contributed by atoms with Crippen molar-refractivity contribution in [3.05, 3.63) is 83.7 Å². The van der Waals surface area contributed by atoms with Crippen LogP contribution in [0, 0.1) is 6.92 Å². The van der Waals surface area contributed by atoms with Crippen molar-refractivity contribution >= 4 is 28.3 Å². The molecule has 0 aliphatic carbocycles. The number of amides is 1. The van der Waals surface area contributed by atoms with Gasteiger partial charge in [-0.25, -0.2) is 4.98 Å². The average molecular weight is 412 g/mol. The van der Waals surface area contributed by atoms with Gasteiger partial charge in [0.2, 0.25) is 0 Å². The summed E-state index contributed by atoms with van der Waals surface area (Å²) in [5.74, 6) is 1.46. The number of nitrogens with one attached hydrogen (secondary N) is 1. The molecule has 6 heteroatoms. The number of ether oxygens (including phenoxy) is 1. The zero-order valence-electron chi connectivity index (χ0n) is 17.6. The number of rotatable bonds is 4. The molecule has 1 aliphatic rings. The van der Waals surface area contributed by atoms with Crippen LogP contribution in [0.1, 0.15) is 21.7 Å². The molecule has 1 aliphatic heterocycles. The zero-order chi connectivity index (χ0) is 21.4. The summed E-state index contributed by atoms with van der Waals surface area (Å²) in [6.07, 6.45) is 0. The summed E-state index contributed by atoms with van der Waals surface area (Å²) < 4.78 is 7.61. The Morgan fingerprint density at radius 3 is 2.68 bits per heavy atom. The van der Waals surface area contributed by atoms with Crippen LogP contribution in [0.25, 0.3) is 11.0 Å². The fourth-order valence-electron chi connectivity index (χ4n) is 4.19. The van der Waals surface area contributed by atoms with E-state index in [2.05, 4.69) is 45.1 Å². The van der Waals surface area contributed by atoms with Gasteiger partial charge in [-0.3, -0.25) is 4.79 Å². The number of aryl methyl sites for hydroxylation is 1. The predicted octanol–water partition coefficient (Wildman–Crippen LogP) is 4.63. The first-order valence-corrected chi connectivity index (χ1v) is 10.4. The summed E-state index contributed by atoms with van der Waals surface area (Å²) in [4.78, 5) is 19.9. The fourth-order valence-corrected chi connectivity index (χ4v) is 4.19. The van der Waals surface area contributed by atoms with Crippen LogP contribution in [0.5, 0.6) is 5.75 Å². The zero-order valence-corrected chi connectivity index (χ0v) is 17.6. The molecule has 0 spiro atoms. The van der Waals surface area contributed by atoms with Gasteiger partial charge in [-0.15, -0.1) is 0 Å². The van der Waals surface area contributed by atoms with E-state index in [0.717, 1.165) is 47.9 Å². The lowest BCUT2D eigenvalue weighted by atomic mass is 10.1. The molecule has 0 bridgehead atoms. The molecule has 0 fully saturated rings. The maximum atomic E-state index is 12.7. The van der Waals surface area contributed by atoms with Gasteiger partial charge in [-0.1, -0.05) is 24.3 Å². The monoisotopic (exact) mass is 412 g/mol. The minimum absolute atomic E-state index is 0.181. The number of fused-ring (bicyclic) bond motifs is 3. The Morgan fingerprint density at radius 2 is 1.84 bits per heavy atom. The molecule has 0 unspecified atom stereocenters. The number of anilines is 2. The summed E-state index contributed by atoms with van der Waals surface area (Å²) >= 11 is 0. The number of carbonyl (C=O) groups excluding carboxylic acids is 1. The van der Waals surface area contributed by atoms with Crippen molar-refractivity contribution in [2.24, 2.45) is 0 Å². The normalized spacial score (nSPS) is 13.2. The highest BCUT2D eigenvalue weighted by Crippen LogP contribution is 2.28. The van der Waals surface area contributed by atoms with E-state index in [1.54, 1.807) is 19.2 Å². The van der Waals surface area contributed by atoms with E-state index in [1.807, 2.05) is 31.2 Å². The maximum Gasteiger partial charge on any atom is 0.259 e. The highest BCUT2D eigenvalue weighted by atomic mass is 16.5. The molecule has 0 saturated carbocycles. The van der Waals surface area contributed by atoms with E-state index in [4.69, 9.17) is 9.72 Å². The third-order valence-electron chi connectivity index (χ3n) is 5.83. The molecule has 156 valence electrons. The van der Waals surface area contributed by atoms with Gasteiger partial charge in [0.05, 0.1) is 30.3 Å². The Balaban J connectivity index is 1.35. The van der Waals surface area contributed by atoms with Crippen LogP contribution < -0.4 is 15.0 Å². The summed E-state index contributed by atoms with van der Waals surface area (Å²) in [7, 11) is 1.57. The molecule has 0 radical (unpaired) electrons. The standard InChI is InChI=1S/C25H24N4O2/c1-17-15-18(11-12-20(17)27-25(30)19-7-3-6-10-23(19)31-2)28-13-14-29-22-9-5-4-8-21(22)26-24(29)16-28/h3-12,15H,13-14,16H2,1-2H3,(H,27,30). The van der Waals surface area contributed by atoms with Crippen molar-refractivity contribution in [2.45, 2.75) is 20.0 Å². The average Bonchev–Trinajstić information content (AvgIpc) is 3.18. The number of imidazole rings is 1. The van der Waals surface area contributed by atoms with E-state index in [-0.39, 0.29) is 5.91 Å². The first-order chi connectivity index (χ1) is 15.1. The van der Waals surface area contributed by atoms with Crippen LogP contribution in [-0.2, 0) is 13.1 Å². The molecule has 1 amide bonds. The second kappa shape index (κ2) is 7.80. The topological polar surface area (TPSA) is 59.4 Å². The van der Waals surface area contributed by atoms with Gasteiger partial charge < -0.3 is 19.5 Å². The first kappa shape index (κ1) is 19.2. The van der Waals surface area contributed by atoms with Crippen LogP contribution in [0.4, 0.5) is 11.4 Å². The second-order valence-electron chi connectivity index (χ2n) is 7.74. The van der Waals surface area contributed by atoms with Gasteiger partial charge in [0, 0.05) is 24.5 Å². The van der Waals surface area contributed by atoms with E-state index in [9.17, 15) is 4.79 Å². The molecular formula is C25H24N4O2. The highest BCUT2D eigenvalue weighted by Gasteiger charge is 2.21. The maximum absolute atomic E-state index is 12.7. The molecule has 1 N–H and O–H groups in total. The molecular weight excluding hydrogens is 388 g/mol. The third-order valence-corrected chi connectivity index (χ3v) is 5.83. The summed E-state index contributed by atoms with van der Waals surface area (Å²) in [5, 5.41) is 3.01.